The first-order chi connectivity index (χ1) is 16.9. The molecule has 0 bridgehead atoms. The van der Waals surface area contributed by atoms with Crippen molar-refractivity contribution in [1.29, 1.82) is 0 Å². The molecule has 3 aromatic rings. The molecule has 1 heterocycles. The summed E-state index contributed by atoms with van der Waals surface area (Å²) in [6, 6.07) is 15.1. The van der Waals surface area contributed by atoms with Crippen molar-refractivity contribution in [2.45, 2.75) is 31.2 Å². The van der Waals surface area contributed by atoms with Gasteiger partial charge in [0.2, 0.25) is 0 Å². The average Bonchev–Trinajstić information content (AvgIpc) is 3.33. The molecule has 2 aromatic carbocycles. The molecule has 2 amide bonds. The minimum absolute atomic E-state index is 0.0634. The smallest absolute Gasteiger partial charge is 0.411 e. The number of nitrogens with one attached hydrogen (secondary N) is 2. The van der Waals surface area contributed by atoms with E-state index in [1.54, 1.807) is 7.05 Å². The normalized spacial score (nSPS) is 15.5. The maximum absolute atomic E-state index is 12.8. The van der Waals surface area contributed by atoms with Gasteiger partial charge >= 0.3 is 12.1 Å². The largest absolute Gasteiger partial charge is 0.480 e. The van der Waals surface area contributed by atoms with Crippen molar-refractivity contribution in [3.63, 3.8) is 0 Å². The summed E-state index contributed by atoms with van der Waals surface area (Å²) in [4.78, 5) is 37.1. The van der Waals surface area contributed by atoms with Gasteiger partial charge in [0.1, 0.15) is 12.6 Å². The van der Waals surface area contributed by atoms with Gasteiger partial charge in [-0.1, -0.05) is 55.0 Å². The molecule has 1 saturated carbocycles. The summed E-state index contributed by atoms with van der Waals surface area (Å²) in [6.07, 6.45) is 3.22. The maximum Gasteiger partial charge on any atom is 0.411 e. The zero-order valence-corrected chi connectivity index (χ0v) is 19.2. The Balaban J connectivity index is 1.27. The average molecular weight is 475 g/mol. The van der Waals surface area contributed by atoms with Crippen LogP contribution in [0.2, 0.25) is 0 Å². The van der Waals surface area contributed by atoms with Gasteiger partial charge in [-0.3, -0.25) is 14.8 Å². The van der Waals surface area contributed by atoms with Crippen molar-refractivity contribution in [3.8, 4) is 11.1 Å². The molecule has 180 valence electrons. The first-order valence-electron chi connectivity index (χ1n) is 11.6. The first kappa shape index (κ1) is 22.6. The Morgan fingerprint density at radius 2 is 1.71 bits per heavy atom. The number of hydrogen-bond acceptors (Lipinski definition) is 5. The van der Waals surface area contributed by atoms with E-state index in [1.807, 2.05) is 36.4 Å². The highest BCUT2D eigenvalue weighted by atomic mass is 16.5. The monoisotopic (exact) mass is 474 g/mol. The van der Waals surface area contributed by atoms with Crippen molar-refractivity contribution in [3.05, 3.63) is 71.5 Å². The quantitative estimate of drug-likeness (QED) is 0.479. The fourth-order valence-electron chi connectivity index (χ4n) is 4.86. The van der Waals surface area contributed by atoms with E-state index in [4.69, 9.17) is 4.74 Å². The van der Waals surface area contributed by atoms with Crippen molar-refractivity contribution < 1.29 is 24.2 Å². The van der Waals surface area contributed by atoms with Crippen LogP contribution in [0.15, 0.2) is 54.7 Å². The van der Waals surface area contributed by atoms with E-state index in [0.717, 1.165) is 41.5 Å². The van der Waals surface area contributed by atoms with Crippen LogP contribution in [-0.2, 0) is 16.6 Å². The summed E-state index contributed by atoms with van der Waals surface area (Å²) < 4.78 is 6.94. The Labute approximate surface area is 202 Å². The molecule has 35 heavy (non-hydrogen) atoms. The molecule has 2 aliphatic carbocycles. The molecule has 0 radical (unpaired) electrons. The number of ether oxygens (including phenoxy) is 1. The standard InChI is InChI=1S/C26H26N4O5/c1-30-13-21(23(29-30)24(31)28-22(25(32)33)15-7-6-8-15)27-26(34)35-14-20-18-11-4-2-9-16(18)17-10-3-5-12-19(17)20/h2-5,9-13,15,20,22H,6-8,14H2,1H3,(H,27,34)(H,28,31)(H,32,33). The van der Waals surface area contributed by atoms with Crippen LogP contribution < -0.4 is 10.6 Å². The number of carboxylic acids is 1. The molecule has 5 rings (SSSR count). The molecule has 0 saturated heterocycles. The van der Waals surface area contributed by atoms with E-state index in [9.17, 15) is 19.5 Å². The molecule has 0 spiro atoms. The van der Waals surface area contributed by atoms with E-state index in [2.05, 4.69) is 27.9 Å². The lowest BCUT2D eigenvalue weighted by molar-refractivity contribution is -0.141. The van der Waals surface area contributed by atoms with Crippen LogP contribution in [0.25, 0.3) is 11.1 Å². The Bertz CT molecular complexity index is 1250. The number of carboxylic acid groups (broad SMARTS) is 1. The number of anilines is 1. The van der Waals surface area contributed by atoms with E-state index in [0.29, 0.717) is 0 Å². The highest BCUT2D eigenvalue weighted by Crippen LogP contribution is 2.44. The molecule has 1 fully saturated rings. The second kappa shape index (κ2) is 9.25. The number of aliphatic carboxylic acids is 1. The zero-order valence-electron chi connectivity index (χ0n) is 19.2. The van der Waals surface area contributed by atoms with Crippen molar-refractivity contribution >= 4 is 23.7 Å². The molecular weight excluding hydrogens is 448 g/mol. The molecule has 0 aliphatic heterocycles. The van der Waals surface area contributed by atoms with Crippen molar-refractivity contribution in [2.24, 2.45) is 13.0 Å². The van der Waals surface area contributed by atoms with Gasteiger partial charge in [-0.2, -0.15) is 5.10 Å². The van der Waals surface area contributed by atoms with Crippen LogP contribution in [0.4, 0.5) is 10.5 Å². The first-order valence-corrected chi connectivity index (χ1v) is 11.6. The number of rotatable bonds is 7. The second-order valence-corrected chi connectivity index (χ2v) is 9.00. The molecule has 2 aliphatic rings. The Hall–Kier alpha value is -4.14. The second-order valence-electron chi connectivity index (χ2n) is 9.00. The Morgan fingerprint density at radius 1 is 1.09 bits per heavy atom. The van der Waals surface area contributed by atoms with Gasteiger partial charge in [-0.15, -0.1) is 0 Å². The minimum Gasteiger partial charge on any atom is -0.480 e. The van der Waals surface area contributed by atoms with E-state index >= 15 is 0 Å². The van der Waals surface area contributed by atoms with Gasteiger partial charge in [-0.25, -0.2) is 9.59 Å². The lowest BCUT2D eigenvalue weighted by Crippen LogP contribution is -2.48. The third-order valence-electron chi connectivity index (χ3n) is 6.80. The van der Waals surface area contributed by atoms with Gasteiger partial charge in [0.15, 0.2) is 5.69 Å². The van der Waals surface area contributed by atoms with Crippen molar-refractivity contribution in [1.82, 2.24) is 15.1 Å². The van der Waals surface area contributed by atoms with Crippen LogP contribution in [0.5, 0.6) is 0 Å². The topological polar surface area (TPSA) is 123 Å². The van der Waals surface area contributed by atoms with Crippen LogP contribution in [0.3, 0.4) is 0 Å². The number of benzene rings is 2. The van der Waals surface area contributed by atoms with Crippen LogP contribution >= 0.6 is 0 Å². The summed E-state index contributed by atoms with van der Waals surface area (Å²) in [5, 5.41) is 18.8. The Morgan fingerprint density at radius 3 is 2.29 bits per heavy atom. The number of carbonyl (C=O) groups excluding carboxylic acids is 2. The van der Waals surface area contributed by atoms with E-state index in [1.165, 1.54) is 10.9 Å². The number of carbonyl (C=O) groups is 3. The van der Waals surface area contributed by atoms with E-state index in [-0.39, 0.29) is 29.8 Å². The zero-order chi connectivity index (χ0) is 24.5. The molecule has 9 nitrogen and oxygen atoms in total. The van der Waals surface area contributed by atoms with Gasteiger partial charge < -0.3 is 15.2 Å². The minimum atomic E-state index is -1.08. The third kappa shape index (κ3) is 4.37. The molecule has 1 aromatic heterocycles. The van der Waals surface area contributed by atoms with Crippen LogP contribution in [0, 0.1) is 5.92 Å². The number of aromatic nitrogens is 2. The number of fused-ring (bicyclic) bond motifs is 3. The number of amides is 2. The van der Waals surface area contributed by atoms with E-state index < -0.39 is 24.0 Å². The van der Waals surface area contributed by atoms with Crippen LogP contribution in [-0.4, -0.2) is 45.5 Å². The highest BCUT2D eigenvalue weighted by molar-refractivity contribution is 6.02. The number of aryl methyl sites for hydroxylation is 1. The molecule has 1 atom stereocenters. The van der Waals surface area contributed by atoms with Gasteiger partial charge in [0, 0.05) is 19.2 Å². The predicted molar refractivity (Wildman–Crippen MR) is 128 cm³/mol. The summed E-state index contributed by atoms with van der Waals surface area (Å²) in [6.45, 7) is 0.129. The molecule has 1 unspecified atom stereocenters. The lowest BCUT2D eigenvalue weighted by atomic mass is 9.79. The maximum atomic E-state index is 12.8. The van der Waals surface area contributed by atoms with Gasteiger partial charge in [0.25, 0.3) is 5.91 Å². The SMILES string of the molecule is Cn1cc(NC(=O)OCC2c3ccccc3-c3ccccc32)c(C(=O)NC(C(=O)O)C2CCC2)n1. The molecular formula is C26H26N4O5. The third-order valence-corrected chi connectivity index (χ3v) is 6.80. The molecule has 3 N–H and O–H groups in total. The van der Waals surface area contributed by atoms with Crippen LogP contribution in [0.1, 0.15) is 46.8 Å². The van der Waals surface area contributed by atoms with Crippen molar-refractivity contribution in [2.75, 3.05) is 11.9 Å². The fraction of sp³-hybridized carbons (Fsp3) is 0.308. The summed E-state index contributed by atoms with van der Waals surface area (Å²) in [5.41, 5.74) is 4.54. The number of hydrogen-bond donors (Lipinski definition) is 3. The van der Waals surface area contributed by atoms with Gasteiger partial charge in [0.05, 0.1) is 5.69 Å². The van der Waals surface area contributed by atoms with Gasteiger partial charge in [-0.05, 0) is 41.0 Å². The summed E-state index contributed by atoms with van der Waals surface area (Å²) in [5.74, 6) is -1.92. The number of nitrogens with zero attached hydrogens (tertiary/aromatic N) is 2. The molecule has 9 heteroatoms. The summed E-state index contributed by atoms with van der Waals surface area (Å²) in [7, 11) is 1.61. The summed E-state index contributed by atoms with van der Waals surface area (Å²) >= 11 is 0. The highest BCUT2D eigenvalue weighted by Gasteiger charge is 2.35. The lowest BCUT2D eigenvalue weighted by Gasteiger charge is -2.31. The Kier molecular flexibility index (Phi) is 5.98. The fourth-order valence-corrected chi connectivity index (χ4v) is 4.86. The predicted octanol–water partition coefficient (Wildman–Crippen LogP) is 3.76.